The average molecular weight is 277 g/mol. The summed E-state index contributed by atoms with van der Waals surface area (Å²) >= 11 is 5.96. The Morgan fingerprint density at radius 1 is 1.26 bits per heavy atom. The predicted octanol–water partition coefficient (Wildman–Crippen LogP) is 3.59. The third-order valence-electron chi connectivity index (χ3n) is 2.90. The Hall–Kier alpha value is -1.58. The van der Waals surface area contributed by atoms with E-state index in [2.05, 4.69) is 4.98 Å². The first-order valence-corrected chi connectivity index (χ1v) is 6.67. The zero-order chi connectivity index (χ0) is 13.7. The third kappa shape index (κ3) is 3.69. The highest BCUT2D eigenvalue weighted by Gasteiger charge is 2.21. The molecule has 2 unspecified atom stereocenters. The van der Waals surface area contributed by atoms with Crippen LogP contribution in [-0.2, 0) is 0 Å². The van der Waals surface area contributed by atoms with Crippen molar-refractivity contribution in [2.75, 3.05) is 0 Å². The molecule has 0 spiro atoms. The molecule has 0 bridgehead atoms. The van der Waals surface area contributed by atoms with Crippen molar-refractivity contribution in [1.29, 1.82) is 0 Å². The standard InChI is InChI=1S/C15H17ClN2O/c1-2-13(17)15(14-8-3-4-9-18-14)19-12-7-5-6-11(16)10-12/h3-10,13,15H,2,17H2,1H3. The van der Waals surface area contributed by atoms with Crippen molar-refractivity contribution >= 4 is 11.6 Å². The van der Waals surface area contributed by atoms with Gasteiger partial charge in [-0.05, 0) is 36.8 Å². The second-order valence-electron chi connectivity index (χ2n) is 4.32. The van der Waals surface area contributed by atoms with E-state index in [4.69, 9.17) is 22.1 Å². The number of aromatic nitrogens is 1. The van der Waals surface area contributed by atoms with Crippen molar-refractivity contribution in [3.05, 3.63) is 59.4 Å². The number of halogens is 1. The van der Waals surface area contributed by atoms with E-state index in [-0.39, 0.29) is 12.1 Å². The van der Waals surface area contributed by atoms with Gasteiger partial charge in [0.1, 0.15) is 5.75 Å². The van der Waals surface area contributed by atoms with Crippen LogP contribution in [0.5, 0.6) is 5.75 Å². The summed E-state index contributed by atoms with van der Waals surface area (Å²) in [4.78, 5) is 4.33. The molecule has 4 heteroatoms. The molecule has 1 heterocycles. The van der Waals surface area contributed by atoms with Crippen LogP contribution in [0.3, 0.4) is 0 Å². The quantitative estimate of drug-likeness (QED) is 0.908. The van der Waals surface area contributed by atoms with Crippen LogP contribution in [0.15, 0.2) is 48.7 Å². The van der Waals surface area contributed by atoms with Gasteiger partial charge in [0.05, 0.1) is 5.69 Å². The lowest BCUT2D eigenvalue weighted by Gasteiger charge is -2.23. The van der Waals surface area contributed by atoms with E-state index in [9.17, 15) is 0 Å². The first-order chi connectivity index (χ1) is 9.20. The van der Waals surface area contributed by atoms with Crippen molar-refractivity contribution in [3.63, 3.8) is 0 Å². The molecule has 0 aliphatic rings. The van der Waals surface area contributed by atoms with Crippen LogP contribution >= 0.6 is 11.6 Å². The largest absolute Gasteiger partial charge is 0.482 e. The fourth-order valence-corrected chi connectivity index (χ4v) is 1.99. The average Bonchev–Trinajstić information content (AvgIpc) is 2.45. The zero-order valence-corrected chi connectivity index (χ0v) is 11.5. The van der Waals surface area contributed by atoms with E-state index in [0.717, 1.165) is 12.1 Å². The molecular formula is C15H17ClN2O. The monoisotopic (exact) mass is 276 g/mol. The lowest BCUT2D eigenvalue weighted by atomic mass is 10.1. The Bertz CT molecular complexity index is 519. The number of hydrogen-bond donors (Lipinski definition) is 1. The minimum atomic E-state index is -0.273. The molecule has 1 aromatic carbocycles. The molecule has 0 aliphatic carbocycles. The van der Waals surface area contributed by atoms with E-state index in [1.54, 1.807) is 12.3 Å². The number of benzene rings is 1. The predicted molar refractivity (Wildman–Crippen MR) is 77.3 cm³/mol. The number of pyridine rings is 1. The highest BCUT2D eigenvalue weighted by molar-refractivity contribution is 6.30. The van der Waals surface area contributed by atoms with Gasteiger partial charge in [0.2, 0.25) is 0 Å². The molecule has 0 fully saturated rings. The molecule has 0 saturated carbocycles. The number of rotatable bonds is 5. The smallest absolute Gasteiger partial charge is 0.155 e. The number of nitrogens with two attached hydrogens (primary N) is 1. The van der Waals surface area contributed by atoms with E-state index in [1.165, 1.54) is 0 Å². The minimum Gasteiger partial charge on any atom is -0.482 e. The Morgan fingerprint density at radius 3 is 2.74 bits per heavy atom. The maximum atomic E-state index is 6.14. The van der Waals surface area contributed by atoms with Crippen LogP contribution in [0.4, 0.5) is 0 Å². The summed E-state index contributed by atoms with van der Waals surface area (Å²) < 4.78 is 5.96. The van der Waals surface area contributed by atoms with Gasteiger partial charge in [0, 0.05) is 17.3 Å². The highest BCUT2D eigenvalue weighted by Crippen LogP contribution is 2.26. The summed E-state index contributed by atoms with van der Waals surface area (Å²) in [6, 6.07) is 12.9. The molecule has 0 aliphatic heterocycles. The van der Waals surface area contributed by atoms with Crippen molar-refractivity contribution in [2.45, 2.75) is 25.5 Å². The molecule has 1 aromatic heterocycles. The maximum Gasteiger partial charge on any atom is 0.155 e. The zero-order valence-electron chi connectivity index (χ0n) is 10.8. The Labute approximate surface area is 118 Å². The van der Waals surface area contributed by atoms with E-state index < -0.39 is 0 Å². The normalized spacial score (nSPS) is 13.8. The first kappa shape index (κ1) is 13.8. The van der Waals surface area contributed by atoms with Crippen LogP contribution in [0.25, 0.3) is 0 Å². The summed E-state index contributed by atoms with van der Waals surface area (Å²) in [5, 5.41) is 0.641. The van der Waals surface area contributed by atoms with Gasteiger partial charge in [0.15, 0.2) is 6.10 Å². The van der Waals surface area contributed by atoms with Crippen molar-refractivity contribution in [1.82, 2.24) is 4.98 Å². The van der Waals surface area contributed by atoms with Crippen LogP contribution in [0.2, 0.25) is 5.02 Å². The van der Waals surface area contributed by atoms with Gasteiger partial charge >= 0.3 is 0 Å². The first-order valence-electron chi connectivity index (χ1n) is 6.29. The van der Waals surface area contributed by atoms with Gasteiger partial charge in [-0.1, -0.05) is 30.7 Å². The molecule has 3 nitrogen and oxygen atoms in total. The van der Waals surface area contributed by atoms with Crippen LogP contribution in [-0.4, -0.2) is 11.0 Å². The number of hydrogen-bond acceptors (Lipinski definition) is 3. The minimum absolute atomic E-state index is 0.117. The fourth-order valence-electron chi connectivity index (χ4n) is 1.81. The molecule has 2 atom stereocenters. The van der Waals surface area contributed by atoms with Crippen LogP contribution < -0.4 is 10.5 Å². The Morgan fingerprint density at radius 2 is 2.11 bits per heavy atom. The molecule has 0 saturated heterocycles. The fraction of sp³-hybridized carbons (Fsp3) is 0.267. The van der Waals surface area contributed by atoms with Gasteiger partial charge in [0.25, 0.3) is 0 Å². The molecule has 2 aromatic rings. The van der Waals surface area contributed by atoms with Crippen LogP contribution in [0.1, 0.15) is 25.1 Å². The third-order valence-corrected chi connectivity index (χ3v) is 3.13. The molecule has 0 amide bonds. The van der Waals surface area contributed by atoms with Crippen molar-refractivity contribution in [2.24, 2.45) is 5.73 Å². The maximum absolute atomic E-state index is 6.14. The summed E-state index contributed by atoms with van der Waals surface area (Å²) in [6.07, 6.45) is 2.28. The molecule has 2 rings (SSSR count). The molecule has 100 valence electrons. The lowest BCUT2D eigenvalue weighted by Crippen LogP contribution is -2.32. The molecule has 0 radical (unpaired) electrons. The van der Waals surface area contributed by atoms with Gasteiger partial charge in [-0.15, -0.1) is 0 Å². The second-order valence-corrected chi connectivity index (χ2v) is 4.76. The molecule has 2 N–H and O–H groups in total. The van der Waals surface area contributed by atoms with Gasteiger partial charge in [-0.3, -0.25) is 4.98 Å². The van der Waals surface area contributed by atoms with Crippen molar-refractivity contribution < 1.29 is 4.74 Å². The van der Waals surface area contributed by atoms with E-state index in [1.807, 2.05) is 43.3 Å². The topological polar surface area (TPSA) is 48.1 Å². The summed E-state index contributed by atoms with van der Waals surface area (Å²) in [5.74, 6) is 0.701. The Balaban J connectivity index is 2.24. The highest BCUT2D eigenvalue weighted by atomic mass is 35.5. The summed E-state index contributed by atoms with van der Waals surface area (Å²) in [7, 11) is 0. The van der Waals surface area contributed by atoms with Gasteiger partial charge in [-0.25, -0.2) is 0 Å². The van der Waals surface area contributed by atoms with Gasteiger partial charge < -0.3 is 10.5 Å². The lowest BCUT2D eigenvalue weighted by molar-refractivity contribution is 0.166. The van der Waals surface area contributed by atoms with Crippen LogP contribution in [0, 0.1) is 0 Å². The molecule has 19 heavy (non-hydrogen) atoms. The second kappa shape index (κ2) is 6.55. The SMILES string of the molecule is CCC(N)C(Oc1cccc(Cl)c1)c1ccccn1. The summed E-state index contributed by atoms with van der Waals surface area (Å²) in [5.41, 5.74) is 6.97. The van der Waals surface area contributed by atoms with Crippen molar-refractivity contribution in [3.8, 4) is 5.75 Å². The summed E-state index contributed by atoms with van der Waals surface area (Å²) in [6.45, 7) is 2.03. The van der Waals surface area contributed by atoms with E-state index in [0.29, 0.717) is 10.8 Å². The number of ether oxygens (including phenoxy) is 1. The van der Waals surface area contributed by atoms with E-state index >= 15 is 0 Å². The molecular weight excluding hydrogens is 260 g/mol. The van der Waals surface area contributed by atoms with Gasteiger partial charge in [-0.2, -0.15) is 0 Å². The Kier molecular flexibility index (Phi) is 4.77. The number of nitrogens with zero attached hydrogens (tertiary/aromatic N) is 1.